The number of amides is 1. The van der Waals surface area contributed by atoms with Crippen LogP contribution >= 0.6 is 11.6 Å². The number of halogens is 1. The number of aliphatic hydroxyl groups is 1. The average Bonchev–Trinajstić information content (AvgIpc) is 2.74. The lowest BCUT2D eigenvalue weighted by Gasteiger charge is -2.32. The van der Waals surface area contributed by atoms with Crippen molar-refractivity contribution in [1.29, 1.82) is 0 Å². The maximum atomic E-state index is 11.3. The number of anilines is 1. The molecule has 2 N–H and O–H groups in total. The molecule has 1 heterocycles. The van der Waals surface area contributed by atoms with Gasteiger partial charge in [0.2, 0.25) is 5.91 Å². The second kappa shape index (κ2) is 7.27. The smallest absolute Gasteiger partial charge is 0.400 e. The van der Waals surface area contributed by atoms with Gasteiger partial charge < -0.3 is 19.7 Å². The number of nitrogens with one attached hydrogen (secondary N) is 1. The normalized spacial score (nSPS) is 19.4. The Morgan fingerprint density at radius 1 is 1.21 bits per heavy atom. The predicted octanol–water partition coefficient (Wildman–Crippen LogP) is 2.87. The molecule has 1 aromatic rings. The molecule has 0 aliphatic carbocycles. The van der Waals surface area contributed by atoms with Crippen molar-refractivity contribution in [2.24, 2.45) is 0 Å². The third-order valence-corrected chi connectivity index (χ3v) is 4.65. The van der Waals surface area contributed by atoms with Crippen LogP contribution in [0.3, 0.4) is 0 Å². The molecular formula is C17H23BClNO4. The molecule has 5 nitrogen and oxygen atoms in total. The van der Waals surface area contributed by atoms with Gasteiger partial charge in [-0.05, 0) is 50.9 Å². The highest BCUT2D eigenvalue weighted by Gasteiger charge is 2.52. The van der Waals surface area contributed by atoms with E-state index < -0.39 is 18.3 Å². The highest BCUT2D eigenvalue weighted by atomic mass is 35.5. The molecule has 0 aromatic heterocycles. The molecule has 1 saturated heterocycles. The van der Waals surface area contributed by atoms with Crippen LogP contribution in [0.1, 0.15) is 33.3 Å². The maximum absolute atomic E-state index is 11.3. The molecule has 1 aliphatic heterocycles. The molecular weight excluding hydrogens is 328 g/mol. The van der Waals surface area contributed by atoms with E-state index in [9.17, 15) is 9.90 Å². The lowest BCUT2D eigenvalue weighted by atomic mass is 9.77. The second-order valence-electron chi connectivity index (χ2n) is 6.77. The number of carbonyl (C=O) groups is 1. The molecule has 130 valence electrons. The molecule has 1 fully saturated rings. The lowest BCUT2D eigenvalue weighted by Crippen LogP contribution is -2.41. The summed E-state index contributed by atoms with van der Waals surface area (Å²) in [5.74, 6) is -0.341. The number of aliphatic hydroxyl groups excluding tert-OH is 1. The van der Waals surface area contributed by atoms with E-state index in [0.29, 0.717) is 11.2 Å². The fourth-order valence-electron chi connectivity index (χ4n) is 2.25. The van der Waals surface area contributed by atoms with Crippen molar-refractivity contribution in [3.8, 4) is 0 Å². The first-order chi connectivity index (χ1) is 11.2. The molecule has 0 atom stereocenters. The number of hydrogen-bond acceptors (Lipinski definition) is 4. The van der Waals surface area contributed by atoms with Gasteiger partial charge in [0, 0.05) is 5.69 Å². The van der Waals surface area contributed by atoms with Crippen LogP contribution in [0.25, 0.3) is 6.08 Å². The largest absolute Gasteiger partial charge is 0.492 e. The summed E-state index contributed by atoms with van der Waals surface area (Å²) in [6.07, 6.45) is 1.83. The Kier molecular flexibility index (Phi) is 5.76. The topological polar surface area (TPSA) is 67.8 Å². The van der Waals surface area contributed by atoms with Gasteiger partial charge in [0.1, 0.15) is 5.88 Å². The SMILES string of the molecule is CC1(C)OB(C(=Cc2ccc(NC(=O)CCl)cc2)CO)OC1(C)C. The van der Waals surface area contributed by atoms with E-state index in [0.717, 1.165) is 5.56 Å². The number of hydrogen-bond donors (Lipinski definition) is 2. The molecule has 1 aliphatic rings. The number of carbonyl (C=O) groups excluding carboxylic acids is 1. The van der Waals surface area contributed by atoms with Crippen molar-refractivity contribution in [3.05, 3.63) is 35.3 Å². The van der Waals surface area contributed by atoms with Crippen LogP contribution in [0, 0.1) is 0 Å². The minimum atomic E-state index is -0.587. The second-order valence-corrected chi connectivity index (χ2v) is 7.04. The first-order valence-electron chi connectivity index (χ1n) is 7.81. The molecule has 0 bridgehead atoms. The van der Waals surface area contributed by atoms with Crippen LogP contribution in [0.2, 0.25) is 0 Å². The molecule has 24 heavy (non-hydrogen) atoms. The van der Waals surface area contributed by atoms with E-state index >= 15 is 0 Å². The van der Waals surface area contributed by atoms with Crippen LogP contribution < -0.4 is 5.32 Å². The van der Waals surface area contributed by atoms with E-state index in [1.165, 1.54) is 0 Å². The van der Waals surface area contributed by atoms with Gasteiger partial charge in [-0.2, -0.15) is 0 Å². The highest BCUT2D eigenvalue weighted by molar-refractivity contribution is 6.55. The first-order valence-corrected chi connectivity index (χ1v) is 8.35. The summed E-state index contributed by atoms with van der Waals surface area (Å²) in [5, 5.41) is 12.4. The minimum absolute atomic E-state index is 0.0851. The summed E-state index contributed by atoms with van der Waals surface area (Å²) in [6, 6.07) is 7.22. The molecule has 0 unspecified atom stereocenters. The average molecular weight is 352 g/mol. The Hall–Kier alpha value is -1.34. The van der Waals surface area contributed by atoms with Gasteiger partial charge in [0.15, 0.2) is 0 Å². The fraction of sp³-hybridized carbons (Fsp3) is 0.471. The van der Waals surface area contributed by atoms with E-state index in [-0.39, 0.29) is 18.4 Å². The Balaban J connectivity index is 2.15. The molecule has 0 saturated carbocycles. The summed E-state index contributed by atoms with van der Waals surface area (Å²) in [7, 11) is -0.587. The maximum Gasteiger partial charge on any atom is 0.492 e. The van der Waals surface area contributed by atoms with Crippen LogP contribution in [0.5, 0.6) is 0 Å². The fourth-order valence-corrected chi connectivity index (χ4v) is 2.32. The Labute approximate surface area is 148 Å². The standard InChI is InChI=1S/C17H23BClNO4/c1-16(2)17(3,4)24-18(23-16)13(11-21)9-12-5-7-14(8-6-12)20-15(22)10-19/h5-9,21H,10-11H2,1-4H3,(H,20,22). The lowest BCUT2D eigenvalue weighted by molar-refractivity contribution is -0.113. The van der Waals surface area contributed by atoms with Gasteiger partial charge in [-0.25, -0.2) is 0 Å². The van der Waals surface area contributed by atoms with Crippen molar-refractivity contribution in [2.45, 2.75) is 38.9 Å². The zero-order valence-electron chi connectivity index (χ0n) is 14.4. The Morgan fingerprint density at radius 2 is 1.75 bits per heavy atom. The molecule has 1 amide bonds. The van der Waals surface area contributed by atoms with Crippen LogP contribution in [-0.2, 0) is 14.1 Å². The van der Waals surface area contributed by atoms with Gasteiger partial charge in [-0.3, -0.25) is 4.79 Å². The summed E-state index contributed by atoms with van der Waals surface area (Å²) >= 11 is 5.46. The zero-order chi connectivity index (χ0) is 18.0. The summed E-state index contributed by atoms with van der Waals surface area (Å²) in [4.78, 5) is 11.3. The van der Waals surface area contributed by atoms with Crippen LogP contribution in [-0.4, -0.2) is 41.8 Å². The number of benzene rings is 1. The van der Waals surface area contributed by atoms with E-state index in [4.69, 9.17) is 20.9 Å². The molecule has 0 spiro atoms. The first kappa shape index (κ1) is 19.0. The summed E-state index contributed by atoms with van der Waals surface area (Å²) in [5.41, 5.74) is 1.27. The van der Waals surface area contributed by atoms with Crippen molar-refractivity contribution in [3.63, 3.8) is 0 Å². The van der Waals surface area contributed by atoms with Crippen molar-refractivity contribution in [1.82, 2.24) is 0 Å². The zero-order valence-corrected chi connectivity index (χ0v) is 15.2. The Bertz CT molecular complexity index is 612. The van der Waals surface area contributed by atoms with Crippen molar-refractivity contribution >= 4 is 36.4 Å². The van der Waals surface area contributed by atoms with Gasteiger partial charge >= 0.3 is 7.12 Å². The van der Waals surface area contributed by atoms with E-state index in [1.807, 2.05) is 45.9 Å². The van der Waals surface area contributed by atoms with Gasteiger partial charge in [0.25, 0.3) is 0 Å². The van der Waals surface area contributed by atoms with E-state index in [2.05, 4.69) is 5.32 Å². The van der Waals surface area contributed by atoms with Gasteiger partial charge in [-0.1, -0.05) is 18.2 Å². The quantitative estimate of drug-likeness (QED) is 0.632. The predicted molar refractivity (Wildman–Crippen MR) is 96.9 cm³/mol. The summed E-state index contributed by atoms with van der Waals surface area (Å²) < 4.78 is 11.9. The Morgan fingerprint density at radius 3 is 2.21 bits per heavy atom. The molecule has 7 heteroatoms. The van der Waals surface area contributed by atoms with Crippen LogP contribution in [0.4, 0.5) is 5.69 Å². The highest BCUT2D eigenvalue weighted by Crippen LogP contribution is 2.38. The minimum Gasteiger partial charge on any atom is -0.400 e. The van der Waals surface area contributed by atoms with Crippen LogP contribution in [0.15, 0.2) is 29.7 Å². The summed E-state index contributed by atoms with van der Waals surface area (Å²) in [6.45, 7) is 7.71. The van der Waals surface area contributed by atoms with E-state index in [1.54, 1.807) is 12.1 Å². The van der Waals surface area contributed by atoms with Crippen molar-refractivity contribution in [2.75, 3.05) is 17.8 Å². The van der Waals surface area contributed by atoms with Gasteiger partial charge in [0.05, 0.1) is 17.8 Å². The number of rotatable bonds is 5. The molecule has 0 radical (unpaired) electrons. The van der Waals surface area contributed by atoms with Gasteiger partial charge in [-0.15, -0.1) is 11.6 Å². The third kappa shape index (κ3) is 4.19. The molecule has 2 rings (SSSR count). The monoisotopic (exact) mass is 351 g/mol. The number of alkyl halides is 1. The van der Waals surface area contributed by atoms with Crippen molar-refractivity contribution < 1.29 is 19.2 Å². The third-order valence-electron chi connectivity index (χ3n) is 4.41. The molecule has 1 aromatic carbocycles.